The van der Waals surface area contributed by atoms with Crippen LogP contribution in [0.4, 0.5) is 0 Å². The van der Waals surface area contributed by atoms with Gasteiger partial charge in [-0.1, -0.05) is 0 Å². The summed E-state index contributed by atoms with van der Waals surface area (Å²) in [5.41, 5.74) is 0.573. The molecule has 0 radical (unpaired) electrons. The minimum Gasteiger partial charge on any atom is -0.343 e. The monoisotopic (exact) mass is 327 g/mol. The van der Waals surface area contributed by atoms with Crippen LogP contribution >= 0.6 is 15.9 Å². The molecule has 1 aliphatic heterocycles. The summed E-state index contributed by atoms with van der Waals surface area (Å²) >= 11 is 3.35. The van der Waals surface area contributed by atoms with E-state index >= 15 is 0 Å². The predicted molar refractivity (Wildman–Crippen MR) is 76.0 cm³/mol. The van der Waals surface area contributed by atoms with Gasteiger partial charge in [0, 0.05) is 30.3 Å². The Morgan fingerprint density at radius 1 is 1.37 bits per heavy atom. The fourth-order valence-corrected chi connectivity index (χ4v) is 2.72. The van der Waals surface area contributed by atoms with Gasteiger partial charge >= 0.3 is 0 Å². The highest BCUT2D eigenvalue weighted by molar-refractivity contribution is 9.10. The fourth-order valence-electron chi connectivity index (χ4n) is 2.25. The number of aryl methyl sites for hydroxylation is 1. The smallest absolute Gasteiger partial charge is 0.268 e. The van der Waals surface area contributed by atoms with Crippen molar-refractivity contribution in [3.05, 3.63) is 22.4 Å². The van der Waals surface area contributed by atoms with Gasteiger partial charge in [0.2, 0.25) is 5.91 Å². The third-order valence-corrected chi connectivity index (χ3v) is 3.73. The van der Waals surface area contributed by atoms with E-state index in [-0.39, 0.29) is 18.4 Å². The summed E-state index contributed by atoms with van der Waals surface area (Å²) in [4.78, 5) is 25.7. The number of nitrogens with zero attached hydrogens (tertiary/aromatic N) is 2. The second-order valence-electron chi connectivity index (χ2n) is 4.60. The second kappa shape index (κ2) is 6.23. The van der Waals surface area contributed by atoms with Gasteiger partial charge in [0.25, 0.3) is 5.91 Å². The molecule has 0 bridgehead atoms. The van der Waals surface area contributed by atoms with Gasteiger partial charge in [-0.15, -0.1) is 0 Å². The normalized spacial score (nSPS) is 14.7. The van der Waals surface area contributed by atoms with Gasteiger partial charge in [-0.25, -0.2) is 0 Å². The standard InChI is InChI=1S/C13H18BrN3O2/c1-2-16-9-10(14)7-11(16)13(19)15-8-12(18)17-5-3-4-6-17/h7,9H,2-6,8H2,1H3,(H,15,19). The number of likely N-dealkylation sites (tertiary alicyclic amines) is 1. The van der Waals surface area contributed by atoms with Gasteiger partial charge in [0.15, 0.2) is 0 Å². The number of halogens is 1. The lowest BCUT2D eigenvalue weighted by molar-refractivity contribution is -0.129. The van der Waals surface area contributed by atoms with E-state index in [0.29, 0.717) is 12.2 Å². The van der Waals surface area contributed by atoms with Gasteiger partial charge in [-0.05, 0) is 41.8 Å². The van der Waals surface area contributed by atoms with E-state index in [0.717, 1.165) is 30.4 Å². The van der Waals surface area contributed by atoms with Gasteiger partial charge < -0.3 is 14.8 Å². The van der Waals surface area contributed by atoms with Crippen molar-refractivity contribution in [3.8, 4) is 0 Å². The van der Waals surface area contributed by atoms with Crippen molar-refractivity contribution in [2.75, 3.05) is 19.6 Å². The summed E-state index contributed by atoms with van der Waals surface area (Å²) in [6.45, 7) is 4.38. The number of carbonyl (C=O) groups excluding carboxylic acids is 2. The van der Waals surface area contributed by atoms with Crippen LogP contribution in [-0.2, 0) is 11.3 Å². The summed E-state index contributed by atoms with van der Waals surface area (Å²) in [6, 6.07) is 1.76. The van der Waals surface area contributed by atoms with Crippen LogP contribution in [0.3, 0.4) is 0 Å². The molecule has 1 aromatic heterocycles. The largest absolute Gasteiger partial charge is 0.343 e. The molecule has 0 saturated carbocycles. The topological polar surface area (TPSA) is 54.3 Å². The van der Waals surface area contributed by atoms with E-state index in [1.165, 1.54) is 0 Å². The van der Waals surface area contributed by atoms with Gasteiger partial charge in [0.05, 0.1) is 6.54 Å². The Kier molecular flexibility index (Phi) is 4.63. The molecule has 1 saturated heterocycles. The van der Waals surface area contributed by atoms with Crippen LogP contribution < -0.4 is 5.32 Å². The van der Waals surface area contributed by atoms with E-state index in [9.17, 15) is 9.59 Å². The molecule has 1 fully saturated rings. The minimum atomic E-state index is -0.208. The molecule has 0 unspecified atom stereocenters. The molecule has 2 amide bonds. The molecular weight excluding hydrogens is 310 g/mol. The molecule has 19 heavy (non-hydrogen) atoms. The van der Waals surface area contributed by atoms with Gasteiger partial charge in [0.1, 0.15) is 5.69 Å². The second-order valence-corrected chi connectivity index (χ2v) is 5.52. The molecule has 0 atom stereocenters. The Morgan fingerprint density at radius 2 is 2.05 bits per heavy atom. The molecule has 0 aromatic carbocycles. The first-order valence-corrected chi connectivity index (χ1v) is 7.32. The van der Waals surface area contributed by atoms with Crippen LogP contribution in [0.25, 0.3) is 0 Å². The van der Waals surface area contributed by atoms with Crippen molar-refractivity contribution in [1.82, 2.24) is 14.8 Å². The van der Waals surface area contributed by atoms with E-state index < -0.39 is 0 Å². The Morgan fingerprint density at radius 3 is 2.68 bits per heavy atom. The lowest BCUT2D eigenvalue weighted by atomic mass is 10.4. The SMILES string of the molecule is CCn1cc(Br)cc1C(=O)NCC(=O)N1CCCC1. The molecule has 2 rings (SSSR count). The van der Waals surface area contributed by atoms with Crippen molar-refractivity contribution < 1.29 is 9.59 Å². The lowest BCUT2D eigenvalue weighted by Gasteiger charge is -2.15. The zero-order chi connectivity index (χ0) is 13.8. The number of rotatable bonds is 4. The Balaban J connectivity index is 1.91. The maximum atomic E-state index is 12.0. The van der Waals surface area contributed by atoms with Gasteiger partial charge in [-0.3, -0.25) is 9.59 Å². The average Bonchev–Trinajstić information content (AvgIpc) is 3.04. The molecular formula is C13H18BrN3O2. The molecule has 6 heteroatoms. The van der Waals surface area contributed by atoms with Crippen molar-refractivity contribution in [2.45, 2.75) is 26.3 Å². The molecule has 0 spiro atoms. The van der Waals surface area contributed by atoms with Crippen molar-refractivity contribution in [3.63, 3.8) is 0 Å². The van der Waals surface area contributed by atoms with Crippen molar-refractivity contribution in [2.24, 2.45) is 0 Å². The van der Waals surface area contributed by atoms with Crippen molar-refractivity contribution in [1.29, 1.82) is 0 Å². The molecule has 0 aliphatic carbocycles. The Bertz CT molecular complexity index is 478. The highest BCUT2D eigenvalue weighted by Crippen LogP contribution is 2.15. The van der Waals surface area contributed by atoms with Crippen molar-refractivity contribution >= 4 is 27.7 Å². The fraction of sp³-hybridized carbons (Fsp3) is 0.538. The zero-order valence-electron chi connectivity index (χ0n) is 11.0. The third kappa shape index (κ3) is 3.37. The minimum absolute atomic E-state index is 0.000444. The first-order valence-electron chi connectivity index (χ1n) is 6.53. The number of carbonyl (C=O) groups is 2. The highest BCUT2D eigenvalue weighted by atomic mass is 79.9. The number of hydrogen-bond donors (Lipinski definition) is 1. The van der Waals surface area contributed by atoms with E-state index in [1.54, 1.807) is 11.0 Å². The number of nitrogens with one attached hydrogen (secondary N) is 1. The maximum absolute atomic E-state index is 12.0. The van der Waals surface area contributed by atoms with E-state index in [1.807, 2.05) is 17.7 Å². The number of amides is 2. The van der Waals surface area contributed by atoms with E-state index in [2.05, 4.69) is 21.2 Å². The number of hydrogen-bond acceptors (Lipinski definition) is 2. The van der Waals surface area contributed by atoms with Crippen LogP contribution in [-0.4, -0.2) is 40.9 Å². The summed E-state index contributed by atoms with van der Waals surface area (Å²) in [7, 11) is 0. The van der Waals surface area contributed by atoms with Crippen LogP contribution in [0.2, 0.25) is 0 Å². The first kappa shape index (κ1) is 14.1. The average molecular weight is 328 g/mol. The molecule has 104 valence electrons. The summed E-state index contributed by atoms with van der Waals surface area (Å²) < 4.78 is 2.71. The molecule has 1 N–H and O–H groups in total. The Hall–Kier alpha value is -1.30. The zero-order valence-corrected chi connectivity index (χ0v) is 12.6. The van der Waals surface area contributed by atoms with Crippen LogP contribution in [0.5, 0.6) is 0 Å². The van der Waals surface area contributed by atoms with Crippen LogP contribution in [0.15, 0.2) is 16.7 Å². The molecule has 1 aromatic rings. The highest BCUT2D eigenvalue weighted by Gasteiger charge is 2.19. The predicted octanol–water partition coefficient (Wildman–Crippen LogP) is 1.62. The lowest BCUT2D eigenvalue weighted by Crippen LogP contribution is -2.39. The van der Waals surface area contributed by atoms with Crippen LogP contribution in [0.1, 0.15) is 30.3 Å². The molecule has 2 heterocycles. The van der Waals surface area contributed by atoms with Gasteiger partial charge in [-0.2, -0.15) is 0 Å². The third-order valence-electron chi connectivity index (χ3n) is 3.30. The summed E-state index contributed by atoms with van der Waals surface area (Å²) in [5.74, 6) is -0.209. The summed E-state index contributed by atoms with van der Waals surface area (Å²) in [6.07, 6.45) is 3.98. The number of aromatic nitrogens is 1. The molecule has 1 aliphatic rings. The van der Waals surface area contributed by atoms with Crippen LogP contribution in [0, 0.1) is 0 Å². The maximum Gasteiger partial charge on any atom is 0.268 e. The van der Waals surface area contributed by atoms with E-state index in [4.69, 9.17) is 0 Å². The summed E-state index contributed by atoms with van der Waals surface area (Å²) in [5, 5.41) is 2.69. The quantitative estimate of drug-likeness (QED) is 0.913. The Labute approximate surface area is 121 Å². The molecule has 5 nitrogen and oxygen atoms in total. The first-order chi connectivity index (χ1) is 9.11.